The van der Waals surface area contributed by atoms with Crippen molar-refractivity contribution >= 4 is 15.9 Å². The second-order valence-electron chi connectivity index (χ2n) is 0.769. The lowest BCUT2D eigenvalue weighted by molar-refractivity contribution is 0.220. The number of rotatable bonds is 3. The summed E-state index contributed by atoms with van der Waals surface area (Å²) < 4.78 is 4.78. The van der Waals surface area contributed by atoms with E-state index in [4.69, 9.17) is 4.74 Å². The van der Waals surface area contributed by atoms with Crippen molar-refractivity contribution in [2.75, 3.05) is 12.1 Å². The Hall–Kier alpha value is 0.180. The van der Waals surface area contributed by atoms with Gasteiger partial charge in [-0.05, 0) is 0 Å². The molecule has 0 saturated carbocycles. The highest BCUT2D eigenvalue weighted by molar-refractivity contribution is 9.09. The molecule has 0 rings (SSSR count). The summed E-state index contributed by atoms with van der Waals surface area (Å²) in [6, 6.07) is 0. The lowest BCUT2D eigenvalue weighted by Crippen LogP contribution is -1.83. The van der Waals surface area contributed by atoms with E-state index < -0.39 is 0 Å². The molecule has 0 aliphatic rings. The van der Waals surface area contributed by atoms with Crippen molar-refractivity contribution in [2.45, 2.75) is 0 Å². The summed E-state index contributed by atoms with van der Waals surface area (Å²) in [6.45, 7) is 4.08. The van der Waals surface area contributed by atoms with Gasteiger partial charge in [-0.25, -0.2) is 0 Å². The van der Waals surface area contributed by atoms with Crippen molar-refractivity contribution in [3.63, 3.8) is 0 Å². The van der Waals surface area contributed by atoms with Gasteiger partial charge < -0.3 is 4.74 Å². The van der Waals surface area contributed by atoms with Gasteiger partial charge in [-0.2, -0.15) is 0 Å². The van der Waals surface area contributed by atoms with Crippen LogP contribution in [0.4, 0.5) is 0 Å². The molecular weight excluding hydrogens is 144 g/mol. The van der Waals surface area contributed by atoms with Crippen LogP contribution in [-0.2, 0) is 4.74 Å². The number of hydrogen-bond donors (Lipinski definition) is 0. The fourth-order valence-electron chi connectivity index (χ4n) is 0.128. The summed E-state index contributed by atoms with van der Waals surface area (Å²) in [5, 5.41) is 0. The zero-order chi connectivity index (χ0) is 4.83. The second kappa shape index (κ2) is 5.18. The van der Waals surface area contributed by atoms with E-state index in [0.717, 1.165) is 0 Å². The third-order valence-corrected chi connectivity index (χ3v) is 0.637. The molecule has 0 aromatic heterocycles. The predicted molar refractivity (Wildman–Crippen MR) is 29.9 cm³/mol. The normalized spacial score (nSPS) is 8.17. The first-order chi connectivity index (χ1) is 2.91. The van der Waals surface area contributed by atoms with E-state index in [-0.39, 0.29) is 0 Å². The quantitative estimate of drug-likeness (QED) is 0.337. The van der Waals surface area contributed by atoms with Crippen LogP contribution in [0.1, 0.15) is 0 Å². The molecule has 0 aliphatic heterocycles. The number of alkyl halides is 1. The molecule has 0 N–H and O–H groups in total. The summed E-state index contributed by atoms with van der Waals surface area (Å²) in [7, 11) is 0. The van der Waals surface area contributed by atoms with Gasteiger partial charge in [0.05, 0.1) is 6.61 Å². The standard InChI is InChI=1S/C4H7BrO/c1-2-3-6-4-5/h2H,1,3-4H2. The lowest BCUT2D eigenvalue weighted by Gasteiger charge is -1.86. The molecule has 0 aliphatic carbocycles. The van der Waals surface area contributed by atoms with Crippen LogP contribution in [0.2, 0.25) is 0 Å². The zero-order valence-corrected chi connectivity index (χ0v) is 5.07. The Balaban J connectivity index is 2.49. The third kappa shape index (κ3) is 4.18. The molecule has 0 aromatic rings. The lowest BCUT2D eigenvalue weighted by atomic mass is 10.7. The highest BCUT2D eigenvalue weighted by Gasteiger charge is 1.69. The second-order valence-corrected chi connectivity index (χ2v) is 1.23. The number of halogens is 1. The van der Waals surface area contributed by atoms with Gasteiger partial charge >= 0.3 is 0 Å². The van der Waals surface area contributed by atoms with E-state index in [1.165, 1.54) is 0 Å². The van der Waals surface area contributed by atoms with E-state index in [1.54, 1.807) is 6.08 Å². The minimum absolute atomic E-state index is 0.596. The third-order valence-electron chi connectivity index (χ3n) is 0.313. The van der Waals surface area contributed by atoms with Crippen LogP contribution < -0.4 is 0 Å². The Morgan fingerprint density at radius 2 is 2.50 bits per heavy atom. The van der Waals surface area contributed by atoms with Crippen molar-refractivity contribution < 1.29 is 4.74 Å². The molecule has 0 spiro atoms. The van der Waals surface area contributed by atoms with Gasteiger partial charge in [-0.15, -0.1) is 6.58 Å². The van der Waals surface area contributed by atoms with Crippen LogP contribution in [0.5, 0.6) is 0 Å². The molecule has 0 atom stereocenters. The van der Waals surface area contributed by atoms with Crippen LogP contribution in [0, 0.1) is 0 Å². The van der Waals surface area contributed by atoms with Crippen LogP contribution in [-0.4, -0.2) is 12.1 Å². The van der Waals surface area contributed by atoms with E-state index >= 15 is 0 Å². The van der Waals surface area contributed by atoms with Crippen LogP contribution in [0.25, 0.3) is 0 Å². The number of hydrogen-bond acceptors (Lipinski definition) is 1. The largest absolute Gasteiger partial charge is 0.366 e. The van der Waals surface area contributed by atoms with Crippen molar-refractivity contribution in [1.29, 1.82) is 0 Å². The first-order valence-corrected chi connectivity index (χ1v) is 2.78. The van der Waals surface area contributed by atoms with Crippen molar-refractivity contribution in [2.24, 2.45) is 0 Å². The summed E-state index contributed by atoms with van der Waals surface area (Å²) in [4.78, 5) is 0. The van der Waals surface area contributed by atoms with Gasteiger partial charge in [0, 0.05) is 0 Å². The van der Waals surface area contributed by atoms with Gasteiger partial charge in [-0.3, -0.25) is 0 Å². The molecule has 0 radical (unpaired) electrons. The van der Waals surface area contributed by atoms with Crippen molar-refractivity contribution in [1.82, 2.24) is 0 Å². The Kier molecular flexibility index (Phi) is 5.34. The van der Waals surface area contributed by atoms with Gasteiger partial charge in [0.25, 0.3) is 0 Å². The van der Waals surface area contributed by atoms with E-state index in [1.807, 2.05) is 0 Å². The zero-order valence-electron chi connectivity index (χ0n) is 3.48. The maximum absolute atomic E-state index is 4.78. The first kappa shape index (κ1) is 6.18. The van der Waals surface area contributed by atoms with Crippen LogP contribution in [0.15, 0.2) is 12.7 Å². The topological polar surface area (TPSA) is 9.23 Å². The monoisotopic (exact) mass is 150 g/mol. The smallest absolute Gasteiger partial charge is 0.102 e. The molecule has 36 valence electrons. The Labute approximate surface area is 46.1 Å². The van der Waals surface area contributed by atoms with Gasteiger partial charge in [0.1, 0.15) is 5.52 Å². The van der Waals surface area contributed by atoms with Gasteiger partial charge in [0.15, 0.2) is 0 Å². The fraction of sp³-hybridized carbons (Fsp3) is 0.500. The molecule has 0 amide bonds. The summed E-state index contributed by atoms with van der Waals surface area (Å²) in [6.07, 6.45) is 1.71. The maximum atomic E-state index is 4.78. The Morgan fingerprint density at radius 1 is 1.83 bits per heavy atom. The van der Waals surface area contributed by atoms with E-state index in [9.17, 15) is 0 Å². The van der Waals surface area contributed by atoms with Crippen molar-refractivity contribution in [3.8, 4) is 0 Å². The minimum atomic E-state index is 0.596. The van der Waals surface area contributed by atoms with Gasteiger partial charge in [0.2, 0.25) is 0 Å². The highest BCUT2D eigenvalue weighted by atomic mass is 79.9. The summed E-state index contributed by atoms with van der Waals surface area (Å²) in [5.41, 5.74) is 0.596. The number of ether oxygens (including phenoxy) is 1. The minimum Gasteiger partial charge on any atom is -0.366 e. The van der Waals surface area contributed by atoms with Crippen molar-refractivity contribution in [3.05, 3.63) is 12.7 Å². The Morgan fingerprint density at radius 3 is 2.67 bits per heavy atom. The molecule has 0 fully saturated rings. The summed E-state index contributed by atoms with van der Waals surface area (Å²) in [5.74, 6) is 0. The van der Waals surface area contributed by atoms with E-state index in [0.29, 0.717) is 12.1 Å². The first-order valence-electron chi connectivity index (χ1n) is 1.66. The van der Waals surface area contributed by atoms with E-state index in [2.05, 4.69) is 22.5 Å². The molecule has 0 saturated heterocycles. The molecule has 2 heteroatoms. The molecule has 0 bridgehead atoms. The molecule has 0 unspecified atom stereocenters. The Bertz CT molecular complexity index is 36.5. The summed E-state index contributed by atoms with van der Waals surface area (Å²) >= 11 is 3.08. The van der Waals surface area contributed by atoms with Crippen LogP contribution >= 0.6 is 15.9 Å². The molecule has 6 heavy (non-hydrogen) atoms. The molecular formula is C4H7BrO. The fourth-order valence-corrected chi connectivity index (χ4v) is 0.315. The molecule has 1 nitrogen and oxygen atoms in total. The molecule has 0 aromatic carbocycles. The highest BCUT2D eigenvalue weighted by Crippen LogP contribution is 1.80. The maximum Gasteiger partial charge on any atom is 0.102 e. The van der Waals surface area contributed by atoms with Crippen LogP contribution in [0.3, 0.4) is 0 Å². The average molecular weight is 151 g/mol. The van der Waals surface area contributed by atoms with Gasteiger partial charge in [-0.1, -0.05) is 22.0 Å². The predicted octanol–water partition coefficient (Wildman–Crippen LogP) is 1.54. The molecule has 0 heterocycles. The average Bonchev–Trinajstić information content (AvgIpc) is 1.61. The SMILES string of the molecule is C=CCOCBr.